The lowest BCUT2D eigenvalue weighted by molar-refractivity contribution is 0.268. The van der Waals surface area contributed by atoms with Crippen molar-refractivity contribution in [3.05, 3.63) is 29.8 Å². The first-order valence-corrected chi connectivity index (χ1v) is 3.94. The number of aromatic nitrogens is 2. The molecule has 0 radical (unpaired) electrons. The van der Waals surface area contributed by atoms with E-state index >= 15 is 0 Å². The van der Waals surface area contributed by atoms with Crippen LogP contribution in [0.5, 0.6) is 0 Å². The van der Waals surface area contributed by atoms with Crippen molar-refractivity contribution in [1.82, 2.24) is 9.55 Å². The van der Waals surface area contributed by atoms with Gasteiger partial charge < -0.3 is 9.67 Å². The largest absolute Gasteiger partial charge is 0.388 e. The fraction of sp³-hybridized carbons (Fsp3) is 0.222. The number of hydrogen-bond donors (Lipinski definition) is 1. The summed E-state index contributed by atoms with van der Waals surface area (Å²) in [4.78, 5) is 4.06. The van der Waals surface area contributed by atoms with E-state index in [2.05, 4.69) is 4.98 Å². The molecule has 0 unspecified atom stereocenters. The van der Waals surface area contributed by atoms with E-state index in [9.17, 15) is 4.39 Å². The summed E-state index contributed by atoms with van der Waals surface area (Å²) in [6, 6.07) is 4.39. The molecule has 4 heteroatoms. The third-order valence-electron chi connectivity index (χ3n) is 2.08. The van der Waals surface area contributed by atoms with Crippen molar-refractivity contribution >= 4 is 11.0 Å². The number of aliphatic hydroxyl groups excluding tert-OH is 1. The van der Waals surface area contributed by atoms with Crippen LogP contribution < -0.4 is 0 Å². The standard InChI is InChI=1S/C9H9FN2O/c1-12-8-3-2-6(10)4-7(8)11-9(12)5-13/h2-4,13H,5H2,1H3. The summed E-state index contributed by atoms with van der Waals surface area (Å²) in [7, 11) is 1.79. The fourth-order valence-corrected chi connectivity index (χ4v) is 1.36. The Morgan fingerprint density at radius 2 is 2.31 bits per heavy atom. The molecule has 0 amide bonds. The average Bonchev–Trinajstić information content (AvgIpc) is 2.42. The van der Waals surface area contributed by atoms with E-state index in [1.807, 2.05) is 0 Å². The minimum atomic E-state index is -0.310. The van der Waals surface area contributed by atoms with E-state index in [1.165, 1.54) is 12.1 Å². The van der Waals surface area contributed by atoms with Crippen LogP contribution in [0, 0.1) is 5.82 Å². The van der Waals surface area contributed by atoms with Gasteiger partial charge in [-0.15, -0.1) is 0 Å². The highest BCUT2D eigenvalue weighted by Crippen LogP contribution is 2.15. The molecule has 68 valence electrons. The van der Waals surface area contributed by atoms with Gasteiger partial charge in [0, 0.05) is 13.1 Å². The highest BCUT2D eigenvalue weighted by atomic mass is 19.1. The van der Waals surface area contributed by atoms with Crippen LogP contribution in [0.1, 0.15) is 5.82 Å². The highest BCUT2D eigenvalue weighted by molar-refractivity contribution is 5.75. The Labute approximate surface area is 74.4 Å². The van der Waals surface area contributed by atoms with Crippen LogP contribution in [-0.4, -0.2) is 14.7 Å². The summed E-state index contributed by atoms with van der Waals surface area (Å²) < 4.78 is 14.5. The summed E-state index contributed by atoms with van der Waals surface area (Å²) in [5.74, 6) is 0.232. The number of imidazole rings is 1. The van der Waals surface area contributed by atoms with E-state index in [4.69, 9.17) is 5.11 Å². The lowest BCUT2D eigenvalue weighted by atomic mass is 10.3. The zero-order valence-electron chi connectivity index (χ0n) is 7.16. The third-order valence-corrected chi connectivity index (χ3v) is 2.08. The number of aryl methyl sites for hydroxylation is 1. The number of nitrogens with zero attached hydrogens (tertiary/aromatic N) is 2. The van der Waals surface area contributed by atoms with Crippen molar-refractivity contribution in [2.24, 2.45) is 7.05 Å². The first-order chi connectivity index (χ1) is 6.22. The molecule has 1 aromatic heterocycles. The number of benzene rings is 1. The van der Waals surface area contributed by atoms with Crippen LogP contribution in [0.4, 0.5) is 4.39 Å². The van der Waals surface area contributed by atoms with Gasteiger partial charge in [-0.3, -0.25) is 0 Å². The number of halogens is 1. The predicted octanol–water partition coefficient (Wildman–Crippen LogP) is 1.20. The summed E-state index contributed by atoms with van der Waals surface area (Å²) in [6.07, 6.45) is 0. The minimum absolute atomic E-state index is 0.132. The molecule has 1 aromatic carbocycles. The van der Waals surface area contributed by atoms with Gasteiger partial charge in [-0.25, -0.2) is 9.37 Å². The summed E-state index contributed by atoms with van der Waals surface area (Å²) in [6.45, 7) is -0.132. The van der Waals surface area contributed by atoms with Gasteiger partial charge in [0.2, 0.25) is 0 Å². The number of fused-ring (bicyclic) bond motifs is 1. The second-order valence-electron chi connectivity index (χ2n) is 2.88. The molecule has 0 saturated carbocycles. The van der Waals surface area contributed by atoms with Crippen LogP contribution in [-0.2, 0) is 13.7 Å². The first kappa shape index (κ1) is 8.19. The SMILES string of the molecule is Cn1c(CO)nc2cc(F)ccc21. The number of rotatable bonds is 1. The molecule has 13 heavy (non-hydrogen) atoms. The van der Waals surface area contributed by atoms with E-state index in [1.54, 1.807) is 17.7 Å². The molecule has 2 aromatic rings. The van der Waals surface area contributed by atoms with Crippen molar-refractivity contribution in [1.29, 1.82) is 0 Å². The topological polar surface area (TPSA) is 38.0 Å². The average molecular weight is 180 g/mol. The van der Waals surface area contributed by atoms with Crippen molar-refractivity contribution in [3.63, 3.8) is 0 Å². The Morgan fingerprint density at radius 1 is 1.54 bits per heavy atom. The molecular weight excluding hydrogens is 171 g/mol. The molecule has 0 aliphatic rings. The Morgan fingerprint density at radius 3 is 3.00 bits per heavy atom. The Balaban J connectivity index is 2.76. The van der Waals surface area contributed by atoms with Gasteiger partial charge in [0.05, 0.1) is 11.0 Å². The van der Waals surface area contributed by atoms with Crippen LogP contribution in [0.15, 0.2) is 18.2 Å². The molecule has 1 N–H and O–H groups in total. The van der Waals surface area contributed by atoms with Gasteiger partial charge in [-0.1, -0.05) is 0 Å². The van der Waals surface area contributed by atoms with Crippen LogP contribution in [0.2, 0.25) is 0 Å². The van der Waals surface area contributed by atoms with Crippen LogP contribution in [0.25, 0.3) is 11.0 Å². The van der Waals surface area contributed by atoms with Gasteiger partial charge in [0.15, 0.2) is 0 Å². The van der Waals surface area contributed by atoms with Crippen molar-refractivity contribution < 1.29 is 9.50 Å². The second-order valence-corrected chi connectivity index (χ2v) is 2.88. The highest BCUT2D eigenvalue weighted by Gasteiger charge is 2.06. The van der Waals surface area contributed by atoms with Crippen LogP contribution in [0.3, 0.4) is 0 Å². The summed E-state index contributed by atoms with van der Waals surface area (Å²) in [5, 5.41) is 8.91. The van der Waals surface area contributed by atoms with E-state index in [0.717, 1.165) is 5.52 Å². The lowest BCUT2D eigenvalue weighted by Gasteiger charge is -1.96. The smallest absolute Gasteiger partial charge is 0.135 e. The fourth-order valence-electron chi connectivity index (χ4n) is 1.36. The quantitative estimate of drug-likeness (QED) is 0.716. The molecule has 0 saturated heterocycles. The Hall–Kier alpha value is -1.42. The molecule has 0 aliphatic carbocycles. The molecule has 0 fully saturated rings. The predicted molar refractivity (Wildman–Crippen MR) is 46.6 cm³/mol. The van der Waals surface area contributed by atoms with Crippen molar-refractivity contribution in [2.75, 3.05) is 0 Å². The minimum Gasteiger partial charge on any atom is -0.388 e. The van der Waals surface area contributed by atoms with Gasteiger partial charge in [-0.2, -0.15) is 0 Å². The molecule has 3 nitrogen and oxygen atoms in total. The molecule has 0 atom stereocenters. The van der Waals surface area contributed by atoms with Gasteiger partial charge in [-0.05, 0) is 12.1 Å². The molecule has 2 rings (SSSR count). The van der Waals surface area contributed by atoms with E-state index < -0.39 is 0 Å². The molecular formula is C9H9FN2O. The molecule has 1 heterocycles. The summed E-state index contributed by atoms with van der Waals surface area (Å²) in [5.41, 5.74) is 1.40. The normalized spacial score (nSPS) is 11.0. The van der Waals surface area contributed by atoms with Crippen LogP contribution >= 0.6 is 0 Å². The Bertz CT molecular complexity index is 450. The maximum atomic E-state index is 12.8. The van der Waals surface area contributed by atoms with Gasteiger partial charge in [0.25, 0.3) is 0 Å². The van der Waals surface area contributed by atoms with Gasteiger partial charge >= 0.3 is 0 Å². The Kier molecular flexibility index (Phi) is 1.77. The molecule has 0 bridgehead atoms. The molecule has 0 spiro atoms. The zero-order valence-corrected chi connectivity index (χ0v) is 7.16. The van der Waals surface area contributed by atoms with E-state index in [-0.39, 0.29) is 12.4 Å². The number of hydrogen-bond acceptors (Lipinski definition) is 2. The summed E-state index contributed by atoms with van der Waals surface area (Å²) >= 11 is 0. The number of aliphatic hydroxyl groups is 1. The molecule has 0 aliphatic heterocycles. The van der Waals surface area contributed by atoms with Crippen molar-refractivity contribution in [3.8, 4) is 0 Å². The monoisotopic (exact) mass is 180 g/mol. The van der Waals surface area contributed by atoms with E-state index in [0.29, 0.717) is 11.3 Å². The first-order valence-electron chi connectivity index (χ1n) is 3.94. The lowest BCUT2D eigenvalue weighted by Crippen LogP contribution is -1.96. The van der Waals surface area contributed by atoms with Gasteiger partial charge in [0.1, 0.15) is 18.2 Å². The second kappa shape index (κ2) is 2.81. The van der Waals surface area contributed by atoms with Crippen molar-refractivity contribution in [2.45, 2.75) is 6.61 Å². The maximum absolute atomic E-state index is 12.8. The maximum Gasteiger partial charge on any atom is 0.135 e. The zero-order chi connectivity index (χ0) is 9.42. The third kappa shape index (κ3) is 1.19.